The summed E-state index contributed by atoms with van der Waals surface area (Å²) in [6, 6.07) is 6.61. The zero-order valence-electron chi connectivity index (χ0n) is 15.7. The Hall–Kier alpha value is -2.54. The molecule has 0 spiro atoms. The smallest absolute Gasteiger partial charge is 0.322 e. The topological polar surface area (TPSA) is 78.7 Å². The summed E-state index contributed by atoms with van der Waals surface area (Å²) in [4.78, 5) is 28.9. The van der Waals surface area contributed by atoms with E-state index in [2.05, 4.69) is 10.5 Å². The number of hydrogen-bond donors (Lipinski definition) is 1. The third kappa shape index (κ3) is 4.24. The molecule has 1 aliphatic rings. The summed E-state index contributed by atoms with van der Waals surface area (Å²) in [5.41, 5.74) is 2.16. The van der Waals surface area contributed by atoms with E-state index in [1.165, 1.54) is 0 Å². The van der Waals surface area contributed by atoms with E-state index in [1.807, 2.05) is 12.1 Å². The van der Waals surface area contributed by atoms with Gasteiger partial charge in [-0.05, 0) is 44.4 Å². The van der Waals surface area contributed by atoms with Crippen molar-refractivity contribution in [1.29, 1.82) is 0 Å². The summed E-state index contributed by atoms with van der Waals surface area (Å²) in [7, 11) is 1.75. The number of amides is 3. The zero-order valence-corrected chi connectivity index (χ0v) is 16.4. The summed E-state index contributed by atoms with van der Waals surface area (Å²) in [5, 5.41) is 7.32. The summed E-state index contributed by atoms with van der Waals surface area (Å²) >= 11 is 5.91. The van der Waals surface area contributed by atoms with E-state index in [9.17, 15) is 9.59 Å². The minimum absolute atomic E-state index is 0.0728. The first-order valence-electron chi connectivity index (χ1n) is 8.86. The molecule has 0 bridgehead atoms. The Morgan fingerprint density at radius 2 is 2.04 bits per heavy atom. The standard InChI is InChI=1S/C19H23ClN4O3/c1-12-17(13(2)27-22-12)21-19(26)24-10-4-5-16(24)18(25)23(3)11-14-6-8-15(20)9-7-14/h6-9,16H,4-5,10-11H2,1-3H3,(H,21,26)/t16-/m1/s1. The fourth-order valence-electron chi connectivity index (χ4n) is 3.30. The quantitative estimate of drug-likeness (QED) is 0.865. The number of aromatic nitrogens is 1. The number of carbonyl (C=O) groups excluding carboxylic acids is 2. The zero-order chi connectivity index (χ0) is 19.6. The van der Waals surface area contributed by atoms with Crippen molar-refractivity contribution < 1.29 is 14.1 Å². The maximum Gasteiger partial charge on any atom is 0.322 e. The van der Waals surface area contributed by atoms with Crippen molar-refractivity contribution >= 4 is 29.2 Å². The van der Waals surface area contributed by atoms with Crippen LogP contribution in [-0.4, -0.2) is 46.5 Å². The largest absolute Gasteiger partial charge is 0.359 e. The van der Waals surface area contributed by atoms with Gasteiger partial charge in [-0.3, -0.25) is 4.79 Å². The molecule has 3 amide bonds. The third-order valence-electron chi connectivity index (χ3n) is 4.77. The van der Waals surface area contributed by atoms with Crippen LogP contribution in [0.2, 0.25) is 5.02 Å². The van der Waals surface area contributed by atoms with Crippen molar-refractivity contribution in [1.82, 2.24) is 15.0 Å². The number of likely N-dealkylation sites (N-methyl/N-ethyl adjacent to an activating group) is 1. The van der Waals surface area contributed by atoms with Gasteiger partial charge >= 0.3 is 6.03 Å². The van der Waals surface area contributed by atoms with Crippen molar-refractivity contribution in [2.24, 2.45) is 0 Å². The number of nitrogens with one attached hydrogen (secondary N) is 1. The molecule has 1 atom stereocenters. The van der Waals surface area contributed by atoms with Crippen molar-refractivity contribution in [3.8, 4) is 0 Å². The van der Waals surface area contributed by atoms with Crippen molar-refractivity contribution in [3.63, 3.8) is 0 Å². The van der Waals surface area contributed by atoms with Crippen LogP contribution in [0.4, 0.5) is 10.5 Å². The number of aryl methyl sites for hydroxylation is 2. The van der Waals surface area contributed by atoms with Gasteiger partial charge in [0.25, 0.3) is 0 Å². The number of nitrogens with zero attached hydrogens (tertiary/aromatic N) is 3. The summed E-state index contributed by atoms with van der Waals surface area (Å²) in [6.45, 7) is 4.51. The Morgan fingerprint density at radius 3 is 2.67 bits per heavy atom. The first-order chi connectivity index (χ1) is 12.9. The second kappa shape index (κ2) is 8.00. The van der Waals surface area contributed by atoms with E-state index in [-0.39, 0.29) is 11.9 Å². The molecule has 1 N–H and O–H groups in total. The third-order valence-corrected chi connectivity index (χ3v) is 5.03. The minimum Gasteiger partial charge on any atom is -0.359 e. The fourth-order valence-corrected chi connectivity index (χ4v) is 3.43. The van der Waals surface area contributed by atoms with Gasteiger partial charge in [-0.1, -0.05) is 28.9 Å². The summed E-state index contributed by atoms with van der Waals surface area (Å²) in [5.74, 6) is 0.471. The Morgan fingerprint density at radius 1 is 1.33 bits per heavy atom. The van der Waals surface area contributed by atoms with E-state index >= 15 is 0 Å². The van der Waals surface area contributed by atoms with Gasteiger partial charge in [0.05, 0.1) is 0 Å². The molecule has 1 aromatic carbocycles. The van der Waals surface area contributed by atoms with Gasteiger partial charge in [0.15, 0.2) is 5.76 Å². The van der Waals surface area contributed by atoms with Crippen molar-refractivity contribution in [2.45, 2.75) is 39.3 Å². The Kier molecular flexibility index (Phi) is 5.70. The number of benzene rings is 1. The number of halogens is 1. The molecule has 3 rings (SSSR count). The maximum atomic E-state index is 12.9. The van der Waals surface area contributed by atoms with Crippen LogP contribution in [0.5, 0.6) is 0 Å². The molecule has 2 aromatic rings. The van der Waals surface area contributed by atoms with E-state index in [0.717, 1.165) is 12.0 Å². The molecule has 2 heterocycles. The lowest BCUT2D eigenvalue weighted by molar-refractivity contribution is -0.134. The first kappa shape index (κ1) is 19.2. The number of carbonyl (C=O) groups is 2. The van der Waals surface area contributed by atoms with Gasteiger partial charge in [-0.25, -0.2) is 4.79 Å². The lowest BCUT2D eigenvalue weighted by atomic mass is 10.1. The van der Waals surface area contributed by atoms with Gasteiger partial charge in [0, 0.05) is 25.2 Å². The fraction of sp³-hybridized carbons (Fsp3) is 0.421. The lowest BCUT2D eigenvalue weighted by Gasteiger charge is -2.28. The minimum atomic E-state index is -0.470. The summed E-state index contributed by atoms with van der Waals surface area (Å²) < 4.78 is 5.08. The van der Waals surface area contributed by atoms with E-state index < -0.39 is 6.04 Å². The van der Waals surface area contributed by atoms with Crippen LogP contribution >= 0.6 is 11.6 Å². The monoisotopic (exact) mass is 390 g/mol. The van der Waals surface area contributed by atoms with Gasteiger partial charge in [0.1, 0.15) is 17.4 Å². The Labute approximate surface area is 163 Å². The number of hydrogen-bond acceptors (Lipinski definition) is 4. The number of anilines is 1. The average Bonchev–Trinajstić information content (AvgIpc) is 3.25. The van der Waals surface area contributed by atoms with Crippen LogP contribution in [-0.2, 0) is 11.3 Å². The second-order valence-electron chi connectivity index (χ2n) is 6.80. The van der Waals surface area contributed by atoms with E-state index in [4.69, 9.17) is 16.1 Å². The number of rotatable bonds is 4. The first-order valence-corrected chi connectivity index (χ1v) is 9.24. The lowest BCUT2D eigenvalue weighted by Crippen LogP contribution is -2.47. The summed E-state index contributed by atoms with van der Waals surface area (Å²) in [6.07, 6.45) is 1.44. The molecule has 1 aliphatic heterocycles. The van der Waals surface area contributed by atoms with Gasteiger partial charge in [-0.15, -0.1) is 0 Å². The Balaban J connectivity index is 1.66. The predicted molar refractivity (Wildman–Crippen MR) is 103 cm³/mol. The van der Waals surface area contributed by atoms with Gasteiger partial charge < -0.3 is 19.6 Å². The molecule has 1 fully saturated rings. The molecule has 7 nitrogen and oxygen atoms in total. The molecule has 1 aromatic heterocycles. The van der Waals surface area contributed by atoms with Crippen LogP contribution < -0.4 is 5.32 Å². The molecule has 1 saturated heterocycles. The van der Waals surface area contributed by atoms with Gasteiger partial charge in [-0.2, -0.15) is 0 Å². The SMILES string of the molecule is Cc1noc(C)c1NC(=O)N1CCC[C@@H]1C(=O)N(C)Cc1ccc(Cl)cc1. The molecule has 8 heteroatoms. The van der Waals surface area contributed by atoms with Crippen LogP contribution in [0.15, 0.2) is 28.8 Å². The highest BCUT2D eigenvalue weighted by Crippen LogP contribution is 2.24. The van der Waals surface area contributed by atoms with Gasteiger partial charge in [0.2, 0.25) is 5.91 Å². The van der Waals surface area contributed by atoms with Crippen LogP contribution in [0, 0.1) is 13.8 Å². The number of likely N-dealkylation sites (tertiary alicyclic amines) is 1. The highest BCUT2D eigenvalue weighted by molar-refractivity contribution is 6.30. The Bertz CT molecular complexity index is 814. The highest BCUT2D eigenvalue weighted by Gasteiger charge is 2.36. The van der Waals surface area contributed by atoms with Crippen LogP contribution in [0.3, 0.4) is 0 Å². The molecule has 0 radical (unpaired) electrons. The predicted octanol–water partition coefficient (Wildman–Crippen LogP) is 3.60. The van der Waals surface area contributed by atoms with Crippen molar-refractivity contribution in [3.05, 3.63) is 46.3 Å². The molecule has 27 heavy (non-hydrogen) atoms. The van der Waals surface area contributed by atoms with E-state index in [1.54, 1.807) is 42.8 Å². The molecular weight excluding hydrogens is 368 g/mol. The van der Waals surface area contributed by atoms with Crippen molar-refractivity contribution in [2.75, 3.05) is 18.9 Å². The molecule has 0 saturated carbocycles. The van der Waals surface area contributed by atoms with E-state index in [0.29, 0.717) is 41.7 Å². The molecular formula is C19H23ClN4O3. The second-order valence-corrected chi connectivity index (χ2v) is 7.24. The van der Waals surface area contributed by atoms with Crippen LogP contribution in [0.25, 0.3) is 0 Å². The molecule has 0 unspecified atom stereocenters. The molecule has 0 aliphatic carbocycles. The highest BCUT2D eigenvalue weighted by atomic mass is 35.5. The maximum absolute atomic E-state index is 12.9. The average molecular weight is 391 g/mol. The molecule has 144 valence electrons. The normalized spacial score (nSPS) is 16.4. The van der Waals surface area contributed by atoms with Crippen LogP contribution in [0.1, 0.15) is 29.9 Å². The number of urea groups is 1.